The van der Waals surface area contributed by atoms with Crippen molar-refractivity contribution in [1.29, 1.82) is 0 Å². The normalized spacial score (nSPS) is 11.6. The second kappa shape index (κ2) is 5.21. The van der Waals surface area contributed by atoms with Crippen LogP contribution in [0.15, 0.2) is 12.3 Å². The van der Waals surface area contributed by atoms with Crippen LogP contribution < -0.4 is 5.32 Å². The van der Waals surface area contributed by atoms with Crippen LogP contribution in [0.3, 0.4) is 0 Å². The Bertz CT molecular complexity index is 377. The maximum atomic E-state index is 11.5. The topological polar surface area (TPSA) is 56.2 Å². The van der Waals surface area contributed by atoms with Gasteiger partial charge in [0.1, 0.15) is 18.0 Å². The molecular formula is C12H21N3O2. The van der Waals surface area contributed by atoms with Crippen molar-refractivity contribution in [2.75, 3.05) is 11.9 Å². The molecule has 0 saturated carbocycles. The summed E-state index contributed by atoms with van der Waals surface area (Å²) < 4.78 is 7.01. The van der Waals surface area contributed by atoms with Crippen LogP contribution in [0.4, 0.5) is 5.82 Å². The van der Waals surface area contributed by atoms with Crippen LogP contribution in [0.25, 0.3) is 0 Å². The molecule has 0 fully saturated rings. The summed E-state index contributed by atoms with van der Waals surface area (Å²) >= 11 is 0. The second-order valence-electron chi connectivity index (χ2n) is 5.21. The zero-order valence-corrected chi connectivity index (χ0v) is 11.2. The van der Waals surface area contributed by atoms with Crippen LogP contribution >= 0.6 is 0 Å². The summed E-state index contributed by atoms with van der Waals surface area (Å²) in [7, 11) is 0. The molecule has 0 saturated heterocycles. The summed E-state index contributed by atoms with van der Waals surface area (Å²) in [4.78, 5) is 11.5. The molecule has 0 bridgehead atoms. The number of ether oxygens (including phenoxy) is 1. The maximum Gasteiger partial charge on any atom is 0.325 e. The fourth-order valence-corrected chi connectivity index (χ4v) is 1.26. The molecule has 0 unspecified atom stereocenters. The minimum absolute atomic E-state index is 0.131. The molecule has 0 amide bonds. The third-order valence-corrected chi connectivity index (χ3v) is 1.97. The molecule has 1 heterocycles. The number of nitrogens with one attached hydrogen (secondary N) is 1. The first-order chi connectivity index (χ1) is 7.78. The first-order valence-electron chi connectivity index (χ1n) is 5.79. The highest BCUT2D eigenvalue weighted by molar-refractivity contribution is 5.74. The fraction of sp³-hybridized carbons (Fsp3) is 0.667. The average molecular weight is 239 g/mol. The van der Waals surface area contributed by atoms with Gasteiger partial charge in [-0.05, 0) is 34.6 Å². The van der Waals surface area contributed by atoms with E-state index in [1.165, 1.54) is 0 Å². The number of anilines is 1. The third-order valence-electron chi connectivity index (χ3n) is 1.97. The van der Waals surface area contributed by atoms with Gasteiger partial charge in [0.15, 0.2) is 0 Å². The van der Waals surface area contributed by atoms with Crippen LogP contribution in [0.2, 0.25) is 0 Å². The van der Waals surface area contributed by atoms with Gasteiger partial charge >= 0.3 is 5.97 Å². The molecule has 0 aliphatic rings. The van der Waals surface area contributed by atoms with E-state index in [4.69, 9.17) is 4.74 Å². The second-order valence-corrected chi connectivity index (χ2v) is 5.21. The van der Waals surface area contributed by atoms with Crippen molar-refractivity contribution in [2.24, 2.45) is 0 Å². The van der Waals surface area contributed by atoms with E-state index in [9.17, 15) is 4.79 Å². The molecule has 1 aromatic heterocycles. The number of esters is 1. The third kappa shape index (κ3) is 4.89. The van der Waals surface area contributed by atoms with E-state index in [0.717, 1.165) is 0 Å². The van der Waals surface area contributed by atoms with Crippen LogP contribution in [-0.2, 0) is 9.53 Å². The van der Waals surface area contributed by atoms with Crippen molar-refractivity contribution >= 4 is 11.8 Å². The summed E-state index contributed by atoms with van der Waals surface area (Å²) in [6, 6.07) is 2.15. The van der Waals surface area contributed by atoms with Gasteiger partial charge in [-0.3, -0.25) is 9.48 Å². The number of hydrogen-bond donors (Lipinski definition) is 1. The lowest BCUT2D eigenvalue weighted by molar-refractivity contribution is -0.152. The van der Waals surface area contributed by atoms with Crippen LogP contribution in [-0.4, -0.2) is 27.9 Å². The highest BCUT2D eigenvalue weighted by Gasteiger charge is 2.16. The van der Waals surface area contributed by atoms with Crippen molar-refractivity contribution in [1.82, 2.24) is 9.78 Å². The largest absolute Gasteiger partial charge is 0.459 e. The van der Waals surface area contributed by atoms with Gasteiger partial charge < -0.3 is 10.1 Å². The standard InChI is InChI=1S/C12H21N3O2/c1-9(2)15-7-6-10(14-15)13-8-11(16)17-12(3,4)5/h6-7,9H,8H2,1-5H3,(H,13,14). The number of aromatic nitrogens is 2. The molecule has 5 heteroatoms. The lowest BCUT2D eigenvalue weighted by Gasteiger charge is -2.19. The van der Waals surface area contributed by atoms with Crippen LogP contribution in [0, 0.1) is 0 Å². The molecule has 96 valence electrons. The molecule has 0 atom stereocenters. The van der Waals surface area contributed by atoms with Crippen molar-refractivity contribution in [3.8, 4) is 0 Å². The van der Waals surface area contributed by atoms with E-state index in [0.29, 0.717) is 11.9 Å². The van der Waals surface area contributed by atoms with Crippen molar-refractivity contribution in [3.05, 3.63) is 12.3 Å². The van der Waals surface area contributed by atoms with Gasteiger partial charge in [-0.25, -0.2) is 0 Å². The van der Waals surface area contributed by atoms with E-state index >= 15 is 0 Å². The minimum atomic E-state index is -0.448. The molecule has 1 aromatic rings. The quantitative estimate of drug-likeness (QED) is 0.818. The number of rotatable bonds is 4. The van der Waals surface area contributed by atoms with E-state index in [2.05, 4.69) is 10.4 Å². The van der Waals surface area contributed by atoms with Gasteiger partial charge in [0.25, 0.3) is 0 Å². The highest BCUT2D eigenvalue weighted by atomic mass is 16.6. The van der Waals surface area contributed by atoms with Crippen molar-refractivity contribution < 1.29 is 9.53 Å². The number of carbonyl (C=O) groups excluding carboxylic acids is 1. The van der Waals surface area contributed by atoms with Gasteiger partial charge in [0.05, 0.1) is 0 Å². The molecule has 0 spiro atoms. The average Bonchev–Trinajstić information content (AvgIpc) is 2.60. The SMILES string of the molecule is CC(C)n1ccc(NCC(=O)OC(C)(C)C)n1. The Morgan fingerprint density at radius 2 is 2.18 bits per heavy atom. The van der Waals surface area contributed by atoms with Gasteiger partial charge in [-0.15, -0.1) is 0 Å². The van der Waals surface area contributed by atoms with E-state index in [1.807, 2.05) is 51.6 Å². The summed E-state index contributed by atoms with van der Waals surface area (Å²) in [5, 5.41) is 7.21. The smallest absolute Gasteiger partial charge is 0.325 e. The molecule has 0 aromatic carbocycles. The molecule has 17 heavy (non-hydrogen) atoms. The summed E-state index contributed by atoms with van der Waals surface area (Å²) in [6.07, 6.45) is 1.88. The molecule has 1 rings (SSSR count). The van der Waals surface area contributed by atoms with Crippen LogP contribution in [0.5, 0.6) is 0 Å². The molecule has 1 N–H and O–H groups in total. The lowest BCUT2D eigenvalue weighted by Crippen LogP contribution is -2.28. The fourth-order valence-electron chi connectivity index (χ4n) is 1.26. The Hall–Kier alpha value is -1.52. The van der Waals surface area contributed by atoms with E-state index in [1.54, 1.807) is 0 Å². The van der Waals surface area contributed by atoms with E-state index < -0.39 is 5.60 Å². The van der Waals surface area contributed by atoms with Gasteiger partial charge in [-0.2, -0.15) is 5.10 Å². The van der Waals surface area contributed by atoms with Gasteiger partial charge in [0, 0.05) is 18.3 Å². The lowest BCUT2D eigenvalue weighted by atomic mass is 10.2. The summed E-state index contributed by atoms with van der Waals surface area (Å²) in [5.74, 6) is 0.404. The van der Waals surface area contributed by atoms with Gasteiger partial charge in [0.2, 0.25) is 0 Å². The van der Waals surface area contributed by atoms with Crippen LogP contribution in [0.1, 0.15) is 40.7 Å². The number of nitrogens with zero attached hydrogens (tertiary/aromatic N) is 2. The zero-order chi connectivity index (χ0) is 13.1. The monoisotopic (exact) mass is 239 g/mol. The zero-order valence-electron chi connectivity index (χ0n) is 11.2. The maximum absolute atomic E-state index is 11.5. The molecule has 0 aliphatic carbocycles. The number of carbonyl (C=O) groups is 1. The van der Waals surface area contributed by atoms with E-state index in [-0.39, 0.29) is 12.5 Å². The number of hydrogen-bond acceptors (Lipinski definition) is 4. The first kappa shape index (κ1) is 13.5. The Kier molecular flexibility index (Phi) is 4.15. The Balaban J connectivity index is 2.42. The minimum Gasteiger partial charge on any atom is -0.459 e. The van der Waals surface area contributed by atoms with Crippen molar-refractivity contribution in [2.45, 2.75) is 46.3 Å². The summed E-state index contributed by atoms with van der Waals surface area (Å²) in [5.41, 5.74) is -0.448. The Morgan fingerprint density at radius 3 is 2.65 bits per heavy atom. The Labute approximate surface area is 102 Å². The van der Waals surface area contributed by atoms with Gasteiger partial charge in [-0.1, -0.05) is 0 Å². The predicted octanol–water partition coefficient (Wildman–Crippen LogP) is 2.22. The molecule has 5 nitrogen and oxygen atoms in total. The van der Waals surface area contributed by atoms with Crippen molar-refractivity contribution in [3.63, 3.8) is 0 Å². The molecular weight excluding hydrogens is 218 g/mol. The summed E-state index contributed by atoms with van der Waals surface area (Å²) in [6.45, 7) is 9.76. The highest BCUT2D eigenvalue weighted by Crippen LogP contribution is 2.09. The Morgan fingerprint density at radius 1 is 1.53 bits per heavy atom. The first-order valence-corrected chi connectivity index (χ1v) is 5.79. The molecule has 0 radical (unpaired) electrons. The predicted molar refractivity (Wildman–Crippen MR) is 66.9 cm³/mol. The molecule has 0 aliphatic heterocycles.